The quantitative estimate of drug-likeness (QED) is 0.571. The number of thiophene rings is 1. The van der Waals surface area contributed by atoms with Crippen LogP contribution in [0.2, 0.25) is 0 Å². The SMILES string of the molecule is N#CC1=C(c2cccc(F)c2)C2=CC(c3csc4ccccc34)C(=O)CC2=CN1CC(O)CO. The molecule has 0 fully saturated rings. The lowest BCUT2D eigenvalue weighted by atomic mass is 9.76. The molecule has 2 heterocycles. The van der Waals surface area contributed by atoms with Gasteiger partial charge in [-0.05, 0) is 51.2 Å². The standard InChI is InChI=1S/C27H21FN2O3S/c28-18-5-3-4-16(8-18)27-21-10-22(23-15-34-26-7-2-1-6-20(23)26)25(33)9-17(21)12-30(24(27)11-29)13-19(32)14-31/h1-8,10,12,15,19,22,31-32H,9,13-14H2. The summed E-state index contributed by atoms with van der Waals surface area (Å²) in [5.41, 5.74) is 3.60. The fraction of sp³-hybridized carbons (Fsp3) is 0.185. The Kier molecular flexibility index (Phi) is 5.88. The molecule has 3 aromatic rings. The first kappa shape index (κ1) is 22.2. The van der Waals surface area contributed by atoms with Crippen molar-refractivity contribution in [3.05, 3.63) is 100.0 Å². The summed E-state index contributed by atoms with van der Waals surface area (Å²) in [6.45, 7) is -0.496. The van der Waals surface area contributed by atoms with E-state index < -0.39 is 24.4 Å². The van der Waals surface area contributed by atoms with Gasteiger partial charge in [-0.15, -0.1) is 11.3 Å². The molecule has 34 heavy (non-hydrogen) atoms. The predicted octanol–water partition coefficient (Wildman–Crippen LogP) is 4.51. The highest BCUT2D eigenvalue weighted by molar-refractivity contribution is 7.17. The number of rotatable bonds is 5. The molecule has 5 rings (SSSR count). The minimum absolute atomic E-state index is 0.0260. The lowest BCUT2D eigenvalue weighted by molar-refractivity contribution is -0.119. The summed E-state index contributed by atoms with van der Waals surface area (Å²) in [6, 6.07) is 16.1. The van der Waals surface area contributed by atoms with E-state index in [4.69, 9.17) is 0 Å². The van der Waals surface area contributed by atoms with E-state index in [-0.39, 0.29) is 24.4 Å². The van der Waals surface area contributed by atoms with Crippen molar-refractivity contribution in [3.8, 4) is 6.07 Å². The van der Waals surface area contributed by atoms with Crippen LogP contribution in [0.1, 0.15) is 23.5 Å². The molecule has 0 amide bonds. The topological polar surface area (TPSA) is 84.6 Å². The Morgan fingerprint density at radius 1 is 1.24 bits per heavy atom. The molecular formula is C27H21FN2O3S. The van der Waals surface area contributed by atoms with Gasteiger partial charge in [0.15, 0.2) is 0 Å². The first-order valence-electron chi connectivity index (χ1n) is 10.9. The molecule has 0 bridgehead atoms. The molecule has 2 atom stereocenters. The Balaban J connectivity index is 1.70. The summed E-state index contributed by atoms with van der Waals surface area (Å²) in [5, 5.41) is 32.5. The summed E-state index contributed by atoms with van der Waals surface area (Å²) >= 11 is 1.58. The number of aliphatic hydroxyl groups is 2. The lowest BCUT2D eigenvalue weighted by Gasteiger charge is -2.34. The highest BCUT2D eigenvalue weighted by Gasteiger charge is 2.35. The Morgan fingerprint density at radius 2 is 2.06 bits per heavy atom. The van der Waals surface area contributed by atoms with Crippen LogP contribution in [0.3, 0.4) is 0 Å². The van der Waals surface area contributed by atoms with Gasteiger partial charge in [-0.1, -0.05) is 36.4 Å². The lowest BCUT2D eigenvalue weighted by Crippen LogP contribution is -2.34. The molecule has 1 aliphatic heterocycles. The van der Waals surface area contributed by atoms with Gasteiger partial charge in [0, 0.05) is 22.9 Å². The van der Waals surface area contributed by atoms with Crippen molar-refractivity contribution >= 4 is 32.8 Å². The molecule has 5 nitrogen and oxygen atoms in total. The number of hydrogen-bond acceptors (Lipinski definition) is 6. The maximum absolute atomic E-state index is 14.2. The Bertz CT molecular complexity index is 1430. The van der Waals surface area contributed by atoms with Gasteiger partial charge in [0.05, 0.1) is 25.2 Å². The maximum Gasteiger partial charge on any atom is 0.148 e. The second-order valence-electron chi connectivity index (χ2n) is 8.38. The average Bonchev–Trinajstić information content (AvgIpc) is 3.26. The van der Waals surface area contributed by atoms with Crippen LogP contribution in [0.25, 0.3) is 15.7 Å². The highest BCUT2D eigenvalue weighted by atomic mass is 32.1. The smallest absolute Gasteiger partial charge is 0.148 e. The number of aliphatic hydroxyl groups excluding tert-OH is 2. The number of carbonyl (C=O) groups excluding carboxylic acids is 1. The molecule has 0 spiro atoms. The van der Waals surface area contributed by atoms with Crippen LogP contribution in [0, 0.1) is 17.1 Å². The number of carbonyl (C=O) groups is 1. The van der Waals surface area contributed by atoms with E-state index in [9.17, 15) is 24.7 Å². The monoisotopic (exact) mass is 472 g/mol. The molecule has 2 N–H and O–H groups in total. The molecule has 2 unspecified atom stereocenters. The van der Waals surface area contributed by atoms with E-state index in [2.05, 4.69) is 6.07 Å². The molecule has 1 aromatic heterocycles. The molecule has 0 radical (unpaired) electrons. The minimum atomic E-state index is -1.08. The van der Waals surface area contributed by atoms with E-state index in [0.717, 1.165) is 21.2 Å². The first-order valence-corrected chi connectivity index (χ1v) is 11.8. The number of benzene rings is 2. The van der Waals surface area contributed by atoms with Crippen molar-refractivity contribution in [2.45, 2.75) is 18.4 Å². The molecule has 0 saturated heterocycles. The van der Waals surface area contributed by atoms with Crippen molar-refractivity contribution in [1.82, 2.24) is 4.90 Å². The fourth-order valence-corrected chi connectivity index (χ4v) is 5.63. The normalized spacial score (nSPS) is 18.9. The van der Waals surface area contributed by atoms with E-state index in [1.165, 1.54) is 12.1 Å². The third kappa shape index (κ3) is 3.86. The van der Waals surface area contributed by atoms with Crippen LogP contribution >= 0.6 is 11.3 Å². The number of Topliss-reactive ketones (excluding diaryl/α,β-unsaturated/α-hetero) is 1. The third-order valence-electron chi connectivity index (χ3n) is 6.18. The van der Waals surface area contributed by atoms with Crippen molar-refractivity contribution in [1.29, 1.82) is 5.26 Å². The molecular weight excluding hydrogens is 451 g/mol. The second-order valence-corrected chi connectivity index (χ2v) is 9.29. The first-order chi connectivity index (χ1) is 16.5. The number of ketones is 1. The average molecular weight is 473 g/mol. The zero-order valence-electron chi connectivity index (χ0n) is 18.1. The zero-order valence-corrected chi connectivity index (χ0v) is 18.9. The number of halogens is 1. The van der Waals surface area contributed by atoms with Gasteiger partial charge in [-0.3, -0.25) is 4.79 Å². The summed E-state index contributed by atoms with van der Waals surface area (Å²) < 4.78 is 15.3. The number of hydrogen-bond donors (Lipinski definition) is 2. The highest BCUT2D eigenvalue weighted by Crippen LogP contribution is 2.45. The van der Waals surface area contributed by atoms with Crippen LogP contribution in [0.5, 0.6) is 0 Å². The summed E-state index contributed by atoms with van der Waals surface area (Å²) in [6.07, 6.45) is 2.63. The van der Waals surface area contributed by atoms with Gasteiger partial charge in [0.25, 0.3) is 0 Å². The zero-order chi connectivity index (χ0) is 23.8. The van der Waals surface area contributed by atoms with Crippen molar-refractivity contribution in [2.75, 3.05) is 13.2 Å². The van der Waals surface area contributed by atoms with Gasteiger partial charge >= 0.3 is 0 Å². The van der Waals surface area contributed by atoms with Gasteiger partial charge in [-0.25, -0.2) is 4.39 Å². The second kappa shape index (κ2) is 8.99. The van der Waals surface area contributed by atoms with Gasteiger partial charge in [0.1, 0.15) is 23.4 Å². The molecule has 7 heteroatoms. The van der Waals surface area contributed by atoms with Crippen LogP contribution in [-0.4, -0.2) is 40.2 Å². The largest absolute Gasteiger partial charge is 0.394 e. The molecule has 2 aliphatic rings. The Hall–Kier alpha value is -3.57. The summed E-state index contributed by atoms with van der Waals surface area (Å²) in [5.74, 6) is -0.894. The number of nitriles is 1. The van der Waals surface area contributed by atoms with Gasteiger partial charge < -0.3 is 15.1 Å². The Labute approximate surface area is 200 Å². The predicted molar refractivity (Wildman–Crippen MR) is 129 cm³/mol. The molecule has 0 saturated carbocycles. The van der Waals surface area contributed by atoms with Crippen molar-refractivity contribution in [2.24, 2.45) is 0 Å². The minimum Gasteiger partial charge on any atom is -0.394 e. The third-order valence-corrected chi connectivity index (χ3v) is 7.16. The Morgan fingerprint density at radius 3 is 2.82 bits per heavy atom. The molecule has 1 aliphatic carbocycles. The molecule has 170 valence electrons. The number of β-amino-alcohol motifs (C(OH)–C–C–N with tert-alkyl or cyclic N) is 1. The van der Waals surface area contributed by atoms with Gasteiger partial charge in [0.2, 0.25) is 0 Å². The number of fused-ring (bicyclic) bond motifs is 2. The van der Waals surface area contributed by atoms with Crippen LogP contribution < -0.4 is 0 Å². The number of nitrogens with zero attached hydrogens (tertiary/aromatic N) is 2. The van der Waals surface area contributed by atoms with Crippen LogP contribution in [0.15, 0.2) is 83.0 Å². The van der Waals surface area contributed by atoms with Gasteiger partial charge in [-0.2, -0.15) is 5.26 Å². The van der Waals surface area contributed by atoms with Crippen molar-refractivity contribution < 1.29 is 19.4 Å². The summed E-state index contributed by atoms with van der Waals surface area (Å²) in [7, 11) is 0. The van der Waals surface area contributed by atoms with Crippen LogP contribution in [-0.2, 0) is 4.79 Å². The number of allylic oxidation sites excluding steroid dienone is 5. The van der Waals surface area contributed by atoms with Crippen molar-refractivity contribution in [3.63, 3.8) is 0 Å². The summed E-state index contributed by atoms with van der Waals surface area (Å²) in [4.78, 5) is 14.8. The van der Waals surface area contributed by atoms with Crippen LogP contribution in [0.4, 0.5) is 4.39 Å². The van der Waals surface area contributed by atoms with E-state index >= 15 is 0 Å². The fourth-order valence-electron chi connectivity index (χ4n) is 4.63. The maximum atomic E-state index is 14.2. The molecule has 2 aromatic carbocycles. The van der Waals surface area contributed by atoms with E-state index in [0.29, 0.717) is 16.7 Å². The van der Waals surface area contributed by atoms with E-state index in [1.54, 1.807) is 34.6 Å². The van der Waals surface area contributed by atoms with E-state index in [1.807, 2.05) is 35.7 Å².